The van der Waals surface area contributed by atoms with Crippen molar-refractivity contribution in [1.29, 1.82) is 0 Å². The van der Waals surface area contributed by atoms with Crippen LogP contribution in [0.25, 0.3) is 15.7 Å². The lowest BCUT2D eigenvalue weighted by atomic mass is 9.87. The first-order valence-corrected chi connectivity index (χ1v) is 11.5. The number of aromatic nitrogens is 1. The van der Waals surface area contributed by atoms with Crippen molar-refractivity contribution in [2.75, 3.05) is 6.61 Å². The molecule has 0 aliphatic carbocycles. The van der Waals surface area contributed by atoms with Crippen molar-refractivity contribution in [3.05, 3.63) is 77.8 Å². The summed E-state index contributed by atoms with van der Waals surface area (Å²) in [6, 6.07) is 14.3. The van der Waals surface area contributed by atoms with Crippen LogP contribution in [0.5, 0.6) is 0 Å². The number of benzene rings is 2. The van der Waals surface area contributed by atoms with Gasteiger partial charge < -0.3 is 9.58 Å². The molecular weight excluding hydrogens is 414 g/mol. The number of carbonyl (C=O) groups is 1. The summed E-state index contributed by atoms with van der Waals surface area (Å²) < 4.78 is 33.2. The van der Waals surface area contributed by atoms with Crippen molar-refractivity contribution in [3.63, 3.8) is 0 Å². The van der Waals surface area contributed by atoms with Crippen LogP contribution in [0.3, 0.4) is 0 Å². The van der Waals surface area contributed by atoms with Crippen LogP contribution in [0, 0.1) is 6.57 Å². The summed E-state index contributed by atoms with van der Waals surface area (Å²) in [6.07, 6.45) is 1.85. The molecule has 1 fully saturated rings. The second kappa shape index (κ2) is 7.84. The van der Waals surface area contributed by atoms with Crippen molar-refractivity contribution in [1.82, 2.24) is 9.29 Å². The average molecular weight is 438 g/mol. The highest BCUT2D eigenvalue weighted by atomic mass is 32.2. The van der Waals surface area contributed by atoms with E-state index >= 15 is 0 Å². The van der Waals surface area contributed by atoms with Gasteiger partial charge >= 0.3 is 5.97 Å². The highest BCUT2D eigenvalue weighted by Gasteiger charge is 2.53. The van der Waals surface area contributed by atoms with Gasteiger partial charge in [0.1, 0.15) is 12.1 Å². The minimum absolute atomic E-state index is 0.180. The molecule has 1 saturated heterocycles. The topological polar surface area (TPSA) is 81.8 Å². The summed E-state index contributed by atoms with van der Waals surface area (Å²) in [5, 5.41) is 3.95. The molecule has 1 aliphatic heterocycles. The first-order valence-electron chi connectivity index (χ1n) is 10.0. The van der Waals surface area contributed by atoms with Gasteiger partial charge in [0.15, 0.2) is 0 Å². The monoisotopic (exact) mass is 437 g/mol. The maximum atomic E-state index is 13.4. The zero-order valence-corrected chi connectivity index (χ0v) is 18.1. The molecule has 2 aromatic carbocycles. The number of nitrogens with one attached hydrogen (secondary N) is 1. The Hall–Kier alpha value is -3.15. The summed E-state index contributed by atoms with van der Waals surface area (Å²) in [5.41, 5.74) is 0.263. The van der Waals surface area contributed by atoms with Gasteiger partial charge in [0, 0.05) is 24.1 Å². The standard InChI is InChI=1S/C23H23N3O4S/c1-4-30-22(27)19-14-23(2,24-3)21(25-19)18-15-26(20-13-9-8-12-17(18)20)31(28,29)16-10-6-5-7-11-16/h5-13,15,19,21,25H,4,14H2,1-2H3/t19-,21-,23-/m0/s1. The Morgan fingerprint density at radius 1 is 1.23 bits per heavy atom. The third-order valence-electron chi connectivity index (χ3n) is 5.75. The van der Waals surface area contributed by atoms with Crippen LogP contribution in [0.2, 0.25) is 0 Å². The van der Waals surface area contributed by atoms with E-state index in [0.717, 1.165) is 5.39 Å². The molecule has 0 bridgehead atoms. The van der Waals surface area contributed by atoms with Gasteiger partial charge in [-0.05, 0) is 25.1 Å². The van der Waals surface area contributed by atoms with Crippen LogP contribution >= 0.6 is 0 Å². The number of para-hydroxylation sites is 1. The van der Waals surface area contributed by atoms with Gasteiger partial charge in [0.2, 0.25) is 0 Å². The minimum atomic E-state index is -3.84. The maximum absolute atomic E-state index is 13.4. The molecule has 1 aliphatic rings. The molecule has 4 rings (SSSR count). The van der Waals surface area contributed by atoms with Gasteiger partial charge in [-0.25, -0.2) is 19.0 Å². The van der Waals surface area contributed by atoms with Crippen molar-refractivity contribution in [2.24, 2.45) is 0 Å². The Balaban J connectivity index is 1.86. The summed E-state index contributed by atoms with van der Waals surface area (Å²) in [5.74, 6) is -0.402. The van der Waals surface area contributed by atoms with Crippen LogP contribution in [0.15, 0.2) is 65.7 Å². The van der Waals surface area contributed by atoms with E-state index in [4.69, 9.17) is 11.3 Å². The minimum Gasteiger partial charge on any atom is -0.465 e. The number of hydrogen-bond donors (Lipinski definition) is 1. The molecule has 1 aromatic heterocycles. The maximum Gasteiger partial charge on any atom is 0.323 e. The molecule has 31 heavy (non-hydrogen) atoms. The highest BCUT2D eigenvalue weighted by Crippen LogP contribution is 2.43. The zero-order valence-electron chi connectivity index (χ0n) is 17.3. The molecule has 1 N–H and O–H groups in total. The Bertz CT molecular complexity index is 1280. The van der Waals surface area contributed by atoms with Crippen LogP contribution in [-0.4, -0.2) is 36.5 Å². The van der Waals surface area contributed by atoms with Gasteiger partial charge in [-0.3, -0.25) is 10.1 Å². The fraction of sp³-hybridized carbons (Fsp3) is 0.304. The average Bonchev–Trinajstić information content (AvgIpc) is 3.33. The quantitative estimate of drug-likeness (QED) is 0.488. The van der Waals surface area contributed by atoms with Gasteiger partial charge in [-0.15, -0.1) is 0 Å². The SMILES string of the molecule is [C-]#[N+][C@@]1(C)C[C@@H](C(=O)OCC)N[C@H]1c1cn(S(=O)(=O)c2ccccc2)c2ccccc12. The predicted octanol–water partition coefficient (Wildman–Crippen LogP) is 3.52. The number of carbonyl (C=O) groups excluding carboxylic acids is 1. The Kier molecular flexibility index (Phi) is 5.33. The largest absolute Gasteiger partial charge is 0.465 e. The van der Waals surface area contributed by atoms with Gasteiger partial charge in [-0.2, -0.15) is 0 Å². The van der Waals surface area contributed by atoms with Gasteiger partial charge in [-0.1, -0.05) is 36.4 Å². The van der Waals surface area contributed by atoms with Crippen molar-refractivity contribution in [3.8, 4) is 0 Å². The first kappa shape index (κ1) is 21.1. The van der Waals surface area contributed by atoms with Gasteiger partial charge in [0.25, 0.3) is 15.6 Å². The summed E-state index contributed by atoms with van der Waals surface area (Å²) in [4.78, 5) is 16.4. The molecule has 0 spiro atoms. The van der Waals surface area contributed by atoms with E-state index in [9.17, 15) is 13.2 Å². The van der Waals surface area contributed by atoms with E-state index in [1.54, 1.807) is 62.5 Å². The van der Waals surface area contributed by atoms with Crippen molar-refractivity contribution in [2.45, 2.75) is 42.8 Å². The summed E-state index contributed by atoms with van der Waals surface area (Å²) in [7, 11) is -3.84. The lowest BCUT2D eigenvalue weighted by Crippen LogP contribution is -2.34. The molecule has 3 atom stereocenters. The first-order chi connectivity index (χ1) is 14.8. The fourth-order valence-electron chi connectivity index (χ4n) is 4.21. The zero-order chi connectivity index (χ0) is 22.2. The third kappa shape index (κ3) is 3.50. The van der Waals surface area contributed by atoms with Gasteiger partial charge in [0.05, 0.1) is 23.4 Å². The molecule has 3 aromatic rings. The van der Waals surface area contributed by atoms with Crippen molar-refractivity contribution >= 4 is 26.9 Å². The van der Waals surface area contributed by atoms with E-state index in [1.165, 1.54) is 3.97 Å². The lowest BCUT2D eigenvalue weighted by molar-refractivity contribution is -0.145. The van der Waals surface area contributed by atoms with Crippen molar-refractivity contribution < 1.29 is 17.9 Å². The fourth-order valence-corrected chi connectivity index (χ4v) is 5.61. The summed E-state index contributed by atoms with van der Waals surface area (Å²) >= 11 is 0. The molecule has 0 amide bonds. The third-order valence-corrected chi connectivity index (χ3v) is 7.44. The number of fused-ring (bicyclic) bond motifs is 1. The molecule has 0 saturated carbocycles. The molecule has 2 heterocycles. The van der Waals surface area contributed by atoms with E-state index in [2.05, 4.69) is 10.2 Å². The molecule has 160 valence electrons. The molecule has 8 heteroatoms. The highest BCUT2D eigenvalue weighted by molar-refractivity contribution is 7.90. The van der Waals surface area contributed by atoms with Crippen LogP contribution in [-0.2, 0) is 19.6 Å². The smallest absolute Gasteiger partial charge is 0.323 e. The molecule has 0 radical (unpaired) electrons. The predicted molar refractivity (Wildman–Crippen MR) is 117 cm³/mol. The number of esters is 1. The number of ether oxygens (including phenoxy) is 1. The lowest BCUT2D eigenvalue weighted by Gasteiger charge is -2.19. The van der Waals surface area contributed by atoms with E-state index in [0.29, 0.717) is 11.1 Å². The Labute approximate surface area is 181 Å². The van der Waals surface area contributed by atoms with Crippen LogP contribution < -0.4 is 5.32 Å². The van der Waals surface area contributed by atoms with Crippen LogP contribution in [0.1, 0.15) is 31.9 Å². The Morgan fingerprint density at radius 3 is 2.58 bits per heavy atom. The van der Waals surface area contributed by atoms with Crippen LogP contribution in [0.4, 0.5) is 0 Å². The Morgan fingerprint density at radius 2 is 1.90 bits per heavy atom. The molecule has 7 nitrogen and oxygen atoms in total. The molecular formula is C23H23N3O4S. The number of nitrogens with zero attached hydrogens (tertiary/aromatic N) is 2. The van der Waals surface area contributed by atoms with E-state index < -0.39 is 33.6 Å². The second-order valence-electron chi connectivity index (χ2n) is 7.79. The summed E-state index contributed by atoms with van der Waals surface area (Å²) in [6.45, 7) is 11.6. The second-order valence-corrected chi connectivity index (χ2v) is 9.61. The normalized spacial score (nSPS) is 23.5. The number of rotatable bonds is 5. The van der Waals surface area contributed by atoms with E-state index in [1.807, 2.05) is 12.1 Å². The molecule has 0 unspecified atom stereocenters. The van der Waals surface area contributed by atoms with E-state index in [-0.39, 0.29) is 17.9 Å². The number of hydrogen-bond acceptors (Lipinski definition) is 5.